The van der Waals surface area contributed by atoms with Gasteiger partial charge in [0.25, 0.3) is 0 Å². The topological polar surface area (TPSA) is 62.2 Å². The first-order chi connectivity index (χ1) is 7.09. The van der Waals surface area contributed by atoms with E-state index in [1.54, 1.807) is 6.20 Å². The third-order valence-corrected chi connectivity index (χ3v) is 2.22. The van der Waals surface area contributed by atoms with Crippen molar-refractivity contribution in [1.29, 1.82) is 0 Å². The minimum absolute atomic E-state index is 0.0380. The summed E-state index contributed by atoms with van der Waals surface area (Å²) in [6.45, 7) is 4.46. The molecule has 1 unspecified atom stereocenters. The number of carboxylic acids is 1. The van der Waals surface area contributed by atoms with Gasteiger partial charge in [-0.3, -0.25) is 9.78 Å². The third-order valence-electron chi connectivity index (χ3n) is 2.22. The Hall–Kier alpha value is -1.42. The number of rotatable bonds is 5. The molecule has 1 aromatic heterocycles. The molecule has 4 heteroatoms. The van der Waals surface area contributed by atoms with E-state index >= 15 is 0 Å². The molecule has 0 saturated heterocycles. The van der Waals surface area contributed by atoms with Gasteiger partial charge in [0.2, 0.25) is 0 Å². The minimum atomic E-state index is -0.784. The van der Waals surface area contributed by atoms with Crippen molar-refractivity contribution in [3.05, 3.63) is 29.6 Å². The number of hydrogen-bond acceptors (Lipinski definition) is 3. The van der Waals surface area contributed by atoms with Gasteiger partial charge in [-0.15, -0.1) is 0 Å². The van der Waals surface area contributed by atoms with Gasteiger partial charge in [-0.05, 0) is 25.5 Å². The molecule has 0 aliphatic rings. The van der Waals surface area contributed by atoms with Crippen molar-refractivity contribution in [2.45, 2.75) is 32.9 Å². The van der Waals surface area contributed by atoms with Gasteiger partial charge in [-0.1, -0.05) is 6.07 Å². The maximum Gasteiger partial charge on any atom is 0.304 e. The average molecular weight is 208 g/mol. The largest absolute Gasteiger partial charge is 0.481 e. The number of hydrogen-bond donors (Lipinski definition) is 2. The molecule has 0 aliphatic heterocycles. The highest BCUT2D eigenvalue weighted by molar-refractivity contribution is 5.67. The van der Waals surface area contributed by atoms with Crippen LogP contribution in [0.15, 0.2) is 18.3 Å². The van der Waals surface area contributed by atoms with Crippen LogP contribution in [-0.2, 0) is 11.3 Å². The third kappa shape index (κ3) is 4.08. The predicted octanol–water partition coefficient (Wildman–Crippen LogP) is 1.34. The Morgan fingerprint density at radius 1 is 1.67 bits per heavy atom. The van der Waals surface area contributed by atoms with Crippen molar-refractivity contribution in [2.75, 3.05) is 0 Å². The zero-order chi connectivity index (χ0) is 11.3. The van der Waals surface area contributed by atoms with E-state index in [0.29, 0.717) is 6.54 Å². The Morgan fingerprint density at radius 2 is 2.40 bits per heavy atom. The molecule has 4 nitrogen and oxygen atoms in total. The van der Waals surface area contributed by atoms with Gasteiger partial charge in [-0.2, -0.15) is 0 Å². The molecule has 1 heterocycles. The molecule has 0 aliphatic carbocycles. The fourth-order valence-corrected chi connectivity index (χ4v) is 1.31. The Kier molecular flexibility index (Phi) is 4.24. The van der Waals surface area contributed by atoms with Gasteiger partial charge in [0, 0.05) is 18.8 Å². The number of aromatic nitrogens is 1. The number of carbonyl (C=O) groups is 1. The Morgan fingerprint density at radius 3 is 3.00 bits per heavy atom. The summed E-state index contributed by atoms with van der Waals surface area (Å²) >= 11 is 0. The van der Waals surface area contributed by atoms with Crippen molar-refractivity contribution in [2.24, 2.45) is 0 Å². The number of aryl methyl sites for hydroxylation is 1. The molecule has 2 N–H and O–H groups in total. The summed E-state index contributed by atoms with van der Waals surface area (Å²) in [4.78, 5) is 14.7. The van der Waals surface area contributed by atoms with Crippen LogP contribution in [0, 0.1) is 6.92 Å². The first-order valence-corrected chi connectivity index (χ1v) is 4.95. The van der Waals surface area contributed by atoms with Crippen LogP contribution < -0.4 is 5.32 Å². The van der Waals surface area contributed by atoms with Crippen LogP contribution in [0.4, 0.5) is 0 Å². The van der Waals surface area contributed by atoms with Gasteiger partial charge >= 0.3 is 5.97 Å². The summed E-state index contributed by atoms with van der Waals surface area (Å²) in [7, 11) is 0. The quantitative estimate of drug-likeness (QED) is 0.766. The van der Waals surface area contributed by atoms with Crippen molar-refractivity contribution in [3.63, 3.8) is 0 Å². The molecule has 0 radical (unpaired) electrons. The number of carboxylic acid groups (broad SMARTS) is 1. The van der Waals surface area contributed by atoms with E-state index in [2.05, 4.69) is 10.3 Å². The van der Waals surface area contributed by atoms with Crippen molar-refractivity contribution in [3.8, 4) is 0 Å². The van der Waals surface area contributed by atoms with Gasteiger partial charge < -0.3 is 10.4 Å². The highest BCUT2D eigenvalue weighted by Crippen LogP contribution is 2.03. The van der Waals surface area contributed by atoms with Crippen LogP contribution in [0.25, 0.3) is 0 Å². The first kappa shape index (κ1) is 11.7. The highest BCUT2D eigenvalue weighted by atomic mass is 16.4. The summed E-state index contributed by atoms with van der Waals surface area (Å²) in [5.41, 5.74) is 2.09. The van der Waals surface area contributed by atoms with Crippen LogP contribution in [0.2, 0.25) is 0 Å². The SMILES string of the molecule is Cc1cccnc1CNC(C)CC(=O)O. The fraction of sp³-hybridized carbons (Fsp3) is 0.455. The summed E-state index contributed by atoms with van der Waals surface area (Å²) in [5, 5.41) is 11.7. The predicted molar refractivity (Wildman–Crippen MR) is 57.5 cm³/mol. The summed E-state index contributed by atoms with van der Waals surface area (Å²) in [6, 6.07) is 3.84. The van der Waals surface area contributed by atoms with E-state index in [4.69, 9.17) is 5.11 Å². The van der Waals surface area contributed by atoms with E-state index in [9.17, 15) is 4.79 Å². The molecule has 82 valence electrons. The van der Waals surface area contributed by atoms with Crippen LogP contribution in [0.1, 0.15) is 24.6 Å². The fourth-order valence-electron chi connectivity index (χ4n) is 1.31. The smallest absolute Gasteiger partial charge is 0.304 e. The number of pyridine rings is 1. The lowest BCUT2D eigenvalue weighted by molar-refractivity contribution is -0.137. The van der Waals surface area contributed by atoms with Gasteiger partial charge in [-0.25, -0.2) is 0 Å². The highest BCUT2D eigenvalue weighted by Gasteiger charge is 2.07. The lowest BCUT2D eigenvalue weighted by Crippen LogP contribution is -2.28. The second kappa shape index (κ2) is 5.46. The van der Waals surface area contributed by atoms with Crippen LogP contribution in [-0.4, -0.2) is 22.1 Å². The van der Waals surface area contributed by atoms with E-state index in [1.807, 2.05) is 26.0 Å². The van der Waals surface area contributed by atoms with Gasteiger partial charge in [0.1, 0.15) is 0 Å². The molecule has 0 spiro atoms. The monoisotopic (exact) mass is 208 g/mol. The lowest BCUT2D eigenvalue weighted by Gasteiger charge is -2.11. The molecule has 1 atom stereocenters. The van der Waals surface area contributed by atoms with E-state index in [-0.39, 0.29) is 12.5 Å². The van der Waals surface area contributed by atoms with Crippen molar-refractivity contribution < 1.29 is 9.90 Å². The second-order valence-electron chi connectivity index (χ2n) is 3.65. The molecule has 1 aromatic rings. The normalized spacial score (nSPS) is 12.4. The standard InChI is InChI=1S/C11H16N2O2/c1-8-4-3-5-12-10(8)7-13-9(2)6-11(14)15/h3-5,9,13H,6-7H2,1-2H3,(H,14,15). The molecular formula is C11H16N2O2. The number of nitrogens with zero attached hydrogens (tertiary/aromatic N) is 1. The van der Waals surface area contributed by atoms with Gasteiger partial charge in [0.15, 0.2) is 0 Å². The van der Waals surface area contributed by atoms with Crippen molar-refractivity contribution >= 4 is 5.97 Å². The zero-order valence-corrected chi connectivity index (χ0v) is 9.03. The Bertz CT molecular complexity index is 339. The van der Waals surface area contributed by atoms with E-state index in [0.717, 1.165) is 11.3 Å². The van der Waals surface area contributed by atoms with Crippen molar-refractivity contribution in [1.82, 2.24) is 10.3 Å². The van der Waals surface area contributed by atoms with E-state index in [1.165, 1.54) is 0 Å². The Labute approximate surface area is 89.3 Å². The molecule has 1 rings (SSSR count). The van der Waals surface area contributed by atoms with E-state index < -0.39 is 5.97 Å². The molecule has 0 saturated carbocycles. The first-order valence-electron chi connectivity index (χ1n) is 4.95. The molecule has 0 bridgehead atoms. The summed E-state index contributed by atoms with van der Waals surface area (Å²) < 4.78 is 0. The average Bonchev–Trinajstić information content (AvgIpc) is 2.15. The lowest BCUT2D eigenvalue weighted by atomic mass is 10.2. The van der Waals surface area contributed by atoms with Crippen LogP contribution >= 0.6 is 0 Å². The number of nitrogens with one attached hydrogen (secondary N) is 1. The minimum Gasteiger partial charge on any atom is -0.481 e. The van der Waals surface area contributed by atoms with Crippen LogP contribution in [0.5, 0.6) is 0 Å². The molecule has 15 heavy (non-hydrogen) atoms. The molecular weight excluding hydrogens is 192 g/mol. The number of aliphatic carboxylic acids is 1. The second-order valence-corrected chi connectivity index (χ2v) is 3.65. The zero-order valence-electron chi connectivity index (χ0n) is 9.03. The summed E-state index contributed by atoms with van der Waals surface area (Å²) in [6.07, 6.45) is 1.87. The maximum atomic E-state index is 10.4. The summed E-state index contributed by atoms with van der Waals surface area (Å²) in [5.74, 6) is -0.784. The Balaban J connectivity index is 2.43. The van der Waals surface area contributed by atoms with Gasteiger partial charge in [0.05, 0.1) is 12.1 Å². The maximum absolute atomic E-state index is 10.4. The molecule has 0 amide bonds. The molecule has 0 fully saturated rings. The molecule has 0 aromatic carbocycles. The van der Waals surface area contributed by atoms with Crippen LogP contribution in [0.3, 0.4) is 0 Å².